The van der Waals surface area contributed by atoms with Gasteiger partial charge in [0, 0.05) is 17.5 Å². The van der Waals surface area contributed by atoms with Crippen LogP contribution in [0.15, 0.2) is 59.7 Å². The summed E-state index contributed by atoms with van der Waals surface area (Å²) in [4.78, 5) is 16.7. The Kier molecular flexibility index (Phi) is 5.28. The van der Waals surface area contributed by atoms with E-state index >= 15 is 0 Å². The third-order valence-electron chi connectivity index (χ3n) is 3.56. The Bertz CT molecular complexity index is 917. The van der Waals surface area contributed by atoms with Gasteiger partial charge in [-0.2, -0.15) is 5.10 Å². The lowest BCUT2D eigenvalue weighted by atomic mass is 10.2. The number of carbonyl (C=O) groups excluding carboxylic acids is 1. The lowest BCUT2D eigenvalue weighted by molar-refractivity contribution is 0.102. The van der Waals surface area contributed by atoms with Gasteiger partial charge in [0.2, 0.25) is 0 Å². The van der Waals surface area contributed by atoms with Crippen molar-refractivity contribution in [2.24, 2.45) is 4.99 Å². The molecule has 1 amide bonds. The smallest absolute Gasteiger partial charge is 0.261 e. The average Bonchev–Trinajstić information content (AvgIpc) is 3.12. The van der Waals surface area contributed by atoms with Crippen LogP contribution in [0.3, 0.4) is 0 Å². The molecule has 0 radical (unpaired) electrons. The molecule has 0 bridgehead atoms. The number of carbonyl (C=O) groups is 1. The summed E-state index contributed by atoms with van der Waals surface area (Å²) in [6, 6.07) is 13.9. The lowest BCUT2D eigenvalue weighted by Gasteiger charge is -2.06. The molecule has 7 heteroatoms. The number of aromatic hydroxyl groups is 1. The summed E-state index contributed by atoms with van der Waals surface area (Å²) in [6.07, 6.45) is 2.87. The highest BCUT2D eigenvalue weighted by Gasteiger charge is 2.13. The van der Waals surface area contributed by atoms with Gasteiger partial charge in [-0.25, -0.2) is 4.99 Å². The van der Waals surface area contributed by atoms with E-state index in [1.54, 1.807) is 48.5 Å². The fraction of sp³-hybridized carbons (Fsp3) is 0.105. The van der Waals surface area contributed by atoms with Crippen LogP contribution in [-0.2, 0) is 0 Å². The van der Waals surface area contributed by atoms with Crippen LogP contribution in [-0.4, -0.2) is 34.0 Å². The van der Waals surface area contributed by atoms with E-state index in [1.165, 1.54) is 12.4 Å². The Morgan fingerprint density at radius 3 is 2.77 bits per heavy atom. The molecule has 0 saturated carbocycles. The Morgan fingerprint density at radius 2 is 2.04 bits per heavy atom. The zero-order valence-corrected chi connectivity index (χ0v) is 14.1. The van der Waals surface area contributed by atoms with Crippen LogP contribution in [0.25, 0.3) is 0 Å². The van der Waals surface area contributed by atoms with Gasteiger partial charge in [-0.1, -0.05) is 12.1 Å². The number of phenolic OH excluding ortho intramolecular Hbond substituents is 1. The molecule has 0 spiro atoms. The molecule has 0 aliphatic carbocycles. The molecule has 0 fully saturated rings. The minimum Gasteiger partial charge on any atom is -0.507 e. The number of aromatic amines is 1. The molecule has 7 nitrogen and oxygen atoms in total. The summed E-state index contributed by atoms with van der Waals surface area (Å²) in [5.74, 6) is 0.807. The Morgan fingerprint density at radius 1 is 1.27 bits per heavy atom. The van der Waals surface area contributed by atoms with Crippen molar-refractivity contribution < 1.29 is 14.6 Å². The SMILES string of the molecule is CCOc1ccc(NC(=O)c2cn[nH]c2/N=C/c2ccccc2O)cc1. The molecule has 2 aromatic carbocycles. The number of para-hydroxylation sites is 1. The molecular weight excluding hydrogens is 332 g/mol. The number of nitrogens with one attached hydrogen (secondary N) is 2. The van der Waals surface area contributed by atoms with Crippen molar-refractivity contribution in [3.63, 3.8) is 0 Å². The van der Waals surface area contributed by atoms with E-state index in [0.717, 1.165) is 5.75 Å². The van der Waals surface area contributed by atoms with Gasteiger partial charge in [0.1, 0.15) is 17.1 Å². The Labute approximate surface area is 150 Å². The number of anilines is 1. The number of ether oxygens (including phenoxy) is 1. The molecule has 0 saturated heterocycles. The van der Waals surface area contributed by atoms with E-state index in [4.69, 9.17) is 4.74 Å². The van der Waals surface area contributed by atoms with E-state index in [2.05, 4.69) is 20.5 Å². The summed E-state index contributed by atoms with van der Waals surface area (Å²) >= 11 is 0. The molecule has 26 heavy (non-hydrogen) atoms. The monoisotopic (exact) mass is 350 g/mol. The van der Waals surface area contributed by atoms with Crippen molar-refractivity contribution in [1.82, 2.24) is 10.2 Å². The molecular formula is C19H18N4O3. The standard InChI is InChI=1S/C19H18N4O3/c1-2-26-15-9-7-14(8-10-15)22-19(25)16-12-21-23-18(16)20-11-13-5-3-4-6-17(13)24/h3-12,24H,2H2,1H3,(H,21,23)(H,22,25)/b20-11+. The van der Waals surface area contributed by atoms with Crippen molar-refractivity contribution in [3.05, 3.63) is 65.9 Å². The van der Waals surface area contributed by atoms with Gasteiger partial charge in [-0.3, -0.25) is 9.89 Å². The Hall–Kier alpha value is -3.61. The van der Waals surface area contributed by atoms with Gasteiger partial charge in [-0.05, 0) is 43.3 Å². The maximum atomic E-state index is 12.5. The van der Waals surface area contributed by atoms with Crippen LogP contribution in [0, 0.1) is 0 Å². The van der Waals surface area contributed by atoms with Crippen LogP contribution in [0.2, 0.25) is 0 Å². The zero-order chi connectivity index (χ0) is 18.4. The second-order valence-electron chi connectivity index (χ2n) is 5.36. The van der Waals surface area contributed by atoms with Crippen molar-refractivity contribution in [2.75, 3.05) is 11.9 Å². The highest BCUT2D eigenvalue weighted by atomic mass is 16.5. The second-order valence-corrected chi connectivity index (χ2v) is 5.36. The van der Waals surface area contributed by atoms with Crippen molar-refractivity contribution in [1.29, 1.82) is 0 Å². The lowest BCUT2D eigenvalue weighted by Crippen LogP contribution is -2.11. The van der Waals surface area contributed by atoms with E-state index in [1.807, 2.05) is 6.92 Å². The predicted octanol–water partition coefficient (Wildman–Crippen LogP) is 3.52. The normalized spacial score (nSPS) is 10.8. The van der Waals surface area contributed by atoms with Crippen LogP contribution in [0.1, 0.15) is 22.8 Å². The van der Waals surface area contributed by atoms with Gasteiger partial charge in [0.15, 0.2) is 5.82 Å². The molecule has 3 aromatic rings. The summed E-state index contributed by atoms with van der Waals surface area (Å²) in [7, 11) is 0. The summed E-state index contributed by atoms with van der Waals surface area (Å²) in [5.41, 5.74) is 1.47. The molecule has 0 atom stereocenters. The number of amides is 1. The molecule has 132 valence electrons. The van der Waals surface area contributed by atoms with Gasteiger partial charge < -0.3 is 15.2 Å². The van der Waals surface area contributed by atoms with Crippen LogP contribution >= 0.6 is 0 Å². The first-order valence-corrected chi connectivity index (χ1v) is 8.07. The van der Waals surface area contributed by atoms with E-state index in [0.29, 0.717) is 29.2 Å². The third-order valence-corrected chi connectivity index (χ3v) is 3.56. The zero-order valence-electron chi connectivity index (χ0n) is 14.1. The van der Waals surface area contributed by atoms with Crippen LogP contribution in [0.5, 0.6) is 11.5 Å². The first-order chi connectivity index (χ1) is 12.7. The molecule has 0 aliphatic heterocycles. The second kappa shape index (κ2) is 7.98. The van der Waals surface area contributed by atoms with Crippen LogP contribution < -0.4 is 10.1 Å². The number of benzene rings is 2. The van der Waals surface area contributed by atoms with E-state index < -0.39 is 0 Å². The van der Waals surface area contributed by atoms with Gasteiger partial charge in [0.25, 0.3) is 5.91 Å². The van der Waals surface area contributed by atoms with Crippen molar-refractivity contribution >= 4 is 23.6 Å². The maximum absolute atomic E-state index is 12.5. The number of hydrogen-bond acceptors (Lipinski definition) is 5. The van der Waals surface area contributed by atoms with Crippen molar-refractivity contribution in [3.8, 4) is 11.5 Å². The number of rotatable bonds is 6. The van der Waals surface area contributed by atoms with Crippen LogP contribution in [0.4, 0.5) is 11.5 Å². The largest absolute Gasteiger partial charge is 0.507 e. The molecule has 1 aromatic heterocycles. The van der Waals surface area contributed by atoms with E-state index in [-0.39, 0.29) is 11.7 Å². The summed E-state index contributed by atoms with van der Waals surface area (Å²) in [5, 5.41) is 19.1. The Balaban J connectivity index is 1.73. The predicted molar refractivity (Wildman–Crippen MR) is 99.5 cm³/mol. The number of aromatic nitrogens is 2. The first-order valence-electron chi connectivity index (χ1n) is 8.07. The molecule has 0 unspecified atom stereocenters. The van der Waals surface area contributed by atoms with E-state index in [9.17, 15) is 9.90 Å². The first kappa shape index (κ1) is 17.2. The molecule has 1 heterocycles. The molecule has 0 aliphatic rings. The fourth-order valence-corrected chi connectivity index (χ4v) is 2.27. The minimum absolute atomic E-state index is 0.108. The summed E-state index contributed by atoms with van der Waals surface area (Å²) in [6.45, 7) is 2.49. The topological polar surface area (TPSA) is 99.6 Å². The van der Waals surface area contributed by atoms with Gasteiger partial charge in [-0.15, -0.1) is 0 Å². The number of nitrogens with zero attached hydrogens (tertiary/aromatic N) is 2. The van der Waals surface area contributed by atoms with Gasteiger partial charge in [0.05, 0.1) is 12.8 Å². The van der Waals surface area contributed by atoms with Gasteiger partial charge >= 0.3 is 0 Å². The average molecular weight is 350 g/mol. The van der Waals surface area contributed by atoms with Crippen molar-refractivity contribution in [2.45, 2.75) is 6.92 Å². The molecule has 3 N–H and O–H groups in total. The number of phenols is 1. The highest BCUT2D eigenvalue weighted by molar-refractivity contribution is 6.07. The maximum Gasteiger partial charge on any atom is 0.261 e. The number of hydrogen-bond donors (Lipinski definition) is 3. The number of H-pyrrole nitrogens is 1. The quantitative estimate of drug-likeness (QED) is 0.592. The number of aliphatic imine (C=N–C) groups is 1. The summed E-state index contributed by atoms with van der Waals surface area (Å²) < 4.78 is 5.37. The fourth-order valence-electron chi connectivity index (χ4n) is 2.27. The molecule has 3 rings (SSSR count). The minimum atomic E-state index is -0.340. The highest BCUT2D eigenvalue weighted by Crippen LogP contribution is 2.20. The third kappa shape index (κ3) is 4.07.